The zero-order valence-electron chi connectivity index (χ0n) is 17.7. The van der Waals surface area contributed by atoms with Gasteiger partial charge >= 0.3 is 11.9 Å². The van der Waals surface area contributed by atoms with Crippen molar-refractivity contribution >= 4 is 29.7 Å². The molecule has 0 radical (unpaired) electrons. The molecule has 11 nitrogen and oxygen atoms in total. The quantitative estimate of drug-likeness (QED) is 0.104. The lowest BCUT2D eigenvalue weighted by atomic mass is 10.0. The van der Waals surface area contributed by atoms with Crippen LogP contribution in [0.15, 0.2) is 0 Å². The lowest BCUT2D eigenvalue weighted by Crippen LogP contribution is -2.53. The molecule has 0 unspecified atom stereocenters. The molecule has 172 valence electrons. The average Bonchev–Trinajstić information content (AvgIpc) is 2.62. The first-order valence-electron chi connectivity index (χ1n) is 10.2. The summed E-state index contributed by atoms with van der Waals surface area (Å²) in [6.45, 7) is 3.89. The molecule has 0 saturated carbocycles. The number of guanidine groups is 1. The molecule has 30 heavy (non-hydrogen) atoms. The second kappa shape index (κ2) is 15.1. The van der Waals surface area contributed by atoms with Gasteiger partial charge in [-0.2, -0.15) is 0 Å². The van der Waals surface area contributed by atoms with Crippen molar-refractivity contribution in [3.63, 3.8) is 0 Å². The maximum Gasteiger partial charge on any atom is 0.326 e. The Morgan fingerprint density at radius 1 is 0.933 bits per heavy atom. The number of rotatable bonds is 16. The molecule has 0 aliphatic heterocycles. The molecule has 0 rings (SSSR count). The summed E-state index contributed by atoms with van der Waals surface area (Å²) in [7, 11) is 0. The van der Waals surface area contributed by atoms with Crippen LogP contribution in [-0.2, 0) is 19.2 Å². The van der Waals surface area contributed by atoms with Crippen LogP contribution in [0, 0.1) is 11.3 Å². The van der Waals surface area contributed by atoms with Gasteiger partial charge in [0.05, 0.1) is 6.42 Å². The van der Waals surface area contributed by atoms with E-state index in [1.165, 1.54) is 0 Å². The number of aliphatic carboxylic acids is 2. The first-order valence-corrected chi connectivity index (χ1v) is 10.2. The number of amides is 2. The maximum absolute atomic E-state index is 12.3. The van der Waals surface area contributed by atoms with Gasteiger partial charge in [-0.3, -0.25) is 19.8 Å². The second-order valence-electron chi connectivity index (χ2n) is 7.50. The predicted molar refractivity (Wildman–Crippen MR) is 111 cm³/mol. The standard InChI is InChI=1S/C19H35N5O6/c1-12(2)16(18(29)30)24-17(28)13(11-15(26)27)23-14(25)9-7-5-3-4-6-8-10-22-19(20)21/h12-13,16H,3-11H2,1-2H3,(H,23,25)(H,24,28)(H,26,27)(H,29,30)(H4,20,21,22)/t13-,16-/m0/s1. The van der Waals surface area contributed by atoms with E-state index in [-0.39, 0.29) is 12.4 Å². The van der Waals surface area contributed by atoms with Gasteiger partial charge in [-0.15, -0.1) is 0 Å². The molecule has 0 aromatic rings. The highest BCUT2D eigenvalue weighted by Gasteiger charge is 2.29. The van der Waals surface area contributed by atoms with E-state index in [4.69, 9.17) is 21.4 Å². The van der Waals surface area contributed by atoms with Crippen LogP contribution in [0.25, 0.3) is 0 Å². The Balaban J connectivity index is 4.32. The molecule has 8 N–H and O–H groups in total. The van der Waals surface area contributed by atoms with Gasteiger partial charge in [-0.25, -0.2) is 4.79 Å². The fourth-order valence-electron chi connectivity index (χ4n) is 2.76. The van der Waals surface area contributed by atoms with Crippen molar-refractivity contribution in [3.8, 4) is 0 Å². The van der Waals surface area contributed by atoms with Crippen LogP contribution in [0.4, 0.5) is 0 Å². The van der Waals surface area contributed by atoms with Gasteiger partial charge in [0.2, 0.25) is 11.8 Å². The summed E-state index contributed by atoms with van der Waals surface area (Å²) in [5.41, 5.74) is 5.18. The molecule has 0 aliphatic rings. The zero-order chi connectivity index (χ0) is 23.1. The maximum atomic E-state index is 12.3. The number of nitrogens with one attached hydrogen (secondary N) is 4. The van der Waals surface area contributed by atoms with E-state index in [2.05, 4.69) is 16.0 Å². The van der Waals surface area contributed by atoms with E-state index in [0.29, 0.717) is 13.0 Å². The number of hydrogen-bond acceptors (Lipinski definition) is 5. The molecule has 0 heterocycles. The molecule has 0 fully saturated rings. The Kier molecular flexibility index (Phi) is 13.6. The minimum Gasteiger partial charge on any atom is -0.481 e. The number of carboxylic acids is 2. The number of carbonyl (C=O) groups is 4. The predicted octanol–water partition coefficient (Wildman–Crippen LogP) is 0.385. The van der Waals surface area contributed by atoms with Crippen LogP contribution in [0.2, 0.25) is 0 Å². The Hall–Kier alpha value is -2.85. The van der Waals surface area contributed by atoms with Crippen molar-refractivity contribution in [1.82, 2.24) is 16.0 Å². The summed E-state index contributed by atoms with van der Waals surface area (Å²) >= 11 is 0. The average molecular weight is 430 g/mol. The van der Waals surface area contributed by atoms with Crippen molar-refractivity contribution < 1.29 is 29.4 Å². The molecule has 0 aromatic heterocycles. The number of hydrogen-bond donors (Lipinski definition) is 7. The van der Waals surface area contributed by atoms with Crippen LogP contribution >= 0.6 is 0 Å². The first-order chi connectivity index (χ1) is 14.0. The molecular weight excluding hydrogens is 394 g/mol. The minimum absolute atomic E-state index is 0.0430. The molecule has 2 amide bonds. The summed E-state index contributed by atoms with van der Waals surface area (Å²) in [4.78, 5) is 46.6. The van der Waals surface area contributed by atoms with E-state index in [1.807, 2.05) is 0 Å². The zero-order valence-corrected chi connectivity index (χ0v) is 17.7. The Morgan fingerprint density at radius 3 is 2.00 bits per heavy atom. The van der Waals surface area contributed by atoms with E-state index >= 15 is 0 Å². The molecule has 0 aliphatic carbocycles. The van der Waals surface area contributed by atoms with E-state index in [9.17, 15) is 19.2 Å². The number of unbranched alkanes of at least 4 members (excludes halogenated alkanes) is 5. The Bertz CT molecular complexity index is 596. The third kappa shape index (κ3) is 13.3. The van der Waals surface area contributed by atoms with E-state index in [0.717, 1.165) is 32.1 Å². The minimum atomic E-state index is -1.33. The van der Waals surface area contributed by atoms with Gasteiger partial charge in [-0.1, -0.05) is 39.5 Å². The Labute approximate surface area is 176 Å². The number of carboxylic acid groups (broad SMARTS) is 2. The van der Waals surface area contributed by atoms with Crippen molar-refractivity contribution in [2.24, 2.45) is 11.7 Å². The number of carbonyl (C=O) groups excluding carboxylic acids is 2. The monoisotopic (exact) mass is 429 g/mol. The first kappa shape index (κ1) is 27.1. The van der Waals surface area contributed by atoms with Crippen LogP contribution in [0.1, 0.15) is 65.2 Å². The summed E-state index contributed by atoms with van der Waals surface area (Å²) < 4.78 is 0. The van der Waals surface area contributed by atoms with Crippen molar-refractivity contribution in [3.05, 3.63) is 0 Å². The summed E-state index contributed by atoms with van der Waals surface area (Å²) in [6.07, 6.45) is 4.74. The van der Waals surface area contributed by atoms with Crippen molar-refractivity contribution in [1.29, 1.82) is 5.41 Å². The largest absolute Gasteiger partial charge is 0.481 e. The Morgan fingerprint density at radius 2 is 1.50 bits per heavy atom. The topological polar surface area (TPSA) is 195 Å². The summed E-state index contributed by atoms with van der Waals surface area (Å²) in [6, 6.07) is -2.50. The van der Waals surface area contributed by atoms with Gasteiger partial charge in [0.25, 0.3) is 0 Å². The van der Waals surface area contributed by atoms with Crippen LogP contribution < -0.4 is 21.7 Å². The molecule has 2 atom stereocenters. The summed E-state index contributed by atoms with van der Waals surface area (Å²) in [5.74, 6) is -4.21. The van der Waals surface area contributed by atoms with Crippen LogP contribution in [0.5, 0.6) is 0 Å². The third-order valence-electron chi connectivity index (χ3n) is 4.41. The van der Waals surface area contributed by atoms with Crippen LogP contribution in [0.3, 0.4) is 0 Å². The van der Waals surface area contributed by atoms with Gasteiger partial charge < -0.3 is 31.9 Å². The SMILES string of the molecule is CC(C)[C@H](NC(=O)[C@H](CC(=O)O)NC(=O)CCCCCCCCNC(=N)N)C(=O)O. The lowest BCUT2D eigenvalue weighted by Gasteiger charge is -2.22. The highest BCUT2D eigenvalue weighted by atomic mass is 16.4. The van der Waals surface area contributed by atoms with Gasteiger partial charge in [-0.05, 0) is 18.8 Å². The van der Waals surface area contributed by atoms with E-state index < -0.39 is 48.2 Å². The smallest absolute Gasteiger partial charge is 0.326 e. The molecular formula is C19H35N5O6. The second-order valence-corrected chi connectivity index (χ2v) is 7.50. The fourth-order valence-corrected chi connectivity index (χ4v) is 2.76. The van der Waals surface area contributed by atoms with Crippen molar-refractivity contribution in [2.45, 2.75) is 77.3 Å². The lowest BCUT2D eigenvalue weighted by molar-refractivity contribution is -0.144. The molecule has 0 aromatic carbocycles. The highest BCUT2D eigenvalue weighted by Crippen LogP contribution is 2.08. The molecule has 0 bridgehead atoms. The number of nitrogens with two attached hydrogens (primary N) is 1. The van der Waals surface area contributed by atoms with Gasteiger partial charge in [0.15, 0.2) is 5.96 Å². The van der Waals surface area contributed by atoms with E-state index in [1.54, 1.807) is 13.8 Å². The fraction of sp³-hybridized carbons (Fsp3) is 0.737. The summed E-state index contributed by atoms with van der Waals surface area (Å²) in [5, 5.41) is 32.6. The van der Waals surface area contributed by atoms with Crippen LogP contribution in [-0.4, -0.2) is 58.6 Å². The molecule has 0 spiro atoms. The normalized spacial score (nSPS) is 12.6. The molecule has 0 saturated heterocycles. The van der Waals surface area contributed by atoms with Gasteiger partial charge in [0, 0.05) is 13.0 Å². The highest BCUT2D eigenvalue weighted by molar-refractivity contribution is 5.92. The molecule has 11 heteroatoms. The third-order valence-corrected chi connectivity index (χ3v) is 4.41. The van der Waals surface area contributed by atoms with Gasteiger partial charge in [0.1, 0.15) is 12.1 Å². The van der Waals surface area contributed by atoms with Crippen molar-refractivity contribution in [2.75, 3.05) is 6.54 Å².